The third-order valence-corrected chi connectivity index (χ3v) is 7.03. The van der Waals surface area contributed by atoms with Crippen molar-refractivity contribution in [2.45, 2.75) is 12.7 Å². The van der Waals surface area contributed by atoms with Crippen molar-refractivity contribution in [3.8, 4) is 11.8 Å². The van der Waals surface area contributed by atoms with Gasteiger partial charge in [-0.1, -0.05) is 17.9 Å². The molecule has 1 fully saturated rings. The molecule has 1 aliphatic heterocycles. The predicted molar refractivity (Wildman–Crippen MR) is 151 cm³/mol. The molecule has 6 nitrogen and oxygen atoms in total. The summed E-state index contributed by atoms with van der Waals surface area (Å²) in [5.74, 6) is 5.06. The average molecular weight is 562 g/mol. The molecule has 1 aliphatic rings. The molecule has 0 saturated carbocycles. The number of hydrogen-bond donors (Lipinski definition) is 2. The number of amides is 1. The maximum absolute atomic E-state index is 13.9. The Labute approximate surface area is 234 Å². The van der Waals surface area contributed by atoms with E-state index in [-0.39, 0.29) is 29.2 Å². The molecule has 1 saturated heterocycles. The number of benzene rings is 3. The van der Waals surface area contributed by atoms with Crippen LogP contribution in [0.4, 0.5) is 29.1 Å². The largest absolute Gasteiger partial charge is 0.416 e. The van der Waals surface area contributed by atoms with Crippen molar-refractivity contribution in [3.63, 3.8) is 0 Å². The number of carbonyl (C=O) groups is 1. The van der Waals surface area contributed by atoms with E-state index in [0.717, 1.165) is 19.2 Å². The molecule has 4 aromatic rings. The minimum atomic E-state index is -4.56. The van der Waals surface area contributed by atoms with Crippen LogP contribution in [-0.2, 0) is 12.7 Å². The van der Waals surface area contributed by atoms with Gasteiger partial charge in [0.05, 0.1) is 11.1 Å². The number of anilines is 2. The second-order valence-corrected chi connectivity index (χ2v) is 9.98. The zero-order valence-corrected chi connectivity index (χ0v) is 22.2. The van der Waals surface area contributed by atoms with Gasteiger partial charge in [-0.25, -0.2) is 9.37 Å². The fourth-order valence-electron chi connectivity index (χ4n) is 4.68. The van der Waals surface area contributed by atoms with E-state index in [1.54, 1.807) is 24.4 Å². The molecule has 3 aromatic carbocycles. The number of piperazine rings is 1. The summed E-state index contributed by atoms with van der Waals surface area (Å²) in [6.07, 6.45) is -3.01. The van der Waals surface area contributed by atoms with Gasteiger partial charge in [0.2, 0.25) is 0 Å². The first-order chi connectivity index (χ1) is 19.6. The highest BCUT2D eigenvalue weighted by molar-refractivity contribution is 6.04. The molecule has 0 aliphatic carbocycles. The van der Waals surface area contributed by atoms with Gasteiger partial charge in [0, 0.05) is 66.5 Å². The van der Waals surface area contributed by atoms with Crippen molar-refractivity contribution in [2.24, 2.45) is 0 Å². The Balaban J connectivity index is 1.31. The van der Waals surface area contributed by atoms with E-state index in [1.807, 2.05) is 11.9 Å². The number of aromatic nitrogens is 1. The second kappa shape index (κ2) is 11.6. The molecular formula is C31H27F4N5O. The van der Waals surface area contributed by atoms with Gasteiger partial charge in [-0.3, -0.25) is 9.69 Å². The van der Waals surface area contributed by atoms with Gasteiger partial charge in [-0.05, 0) is 67.2 Å². The lowest BCUT2D eigenvalue weighted by molar-refractivity contribution is -0.138. The highest BCUT2D eigenvalue weighted by Gasteiger charge is 2.34. The van der Waals surface area contributed by atoms with Crippen LogP contribution in [0.3, 0.4) is 0 Å². The second-order valence-electron chi connectivity index (χ2n) is 9.98. The quantitative estimate of drug-likeness (QED) is 0.259. The molecule has 2 heterocycles. The van der Waals surface area contributed by atoms with Crippen LogP contribution in [-0.4, -0.2) is 53.9 Å². The van der Waals surface area contributed by atoms with Crippen molar-refractivity contribution in [2.75, 3.05) is 44.3 Å². The van der Waals surface area contributed by atoms with Crippen LogP contribution in [0.5, 0.6) is 0 Å². The molecule has 210 valence electrons. The highest BCUT2D eigenvalue weighted by Crippen LogP contribution is 2.35. The number of hydrogen-bond acceptors (Lipinski definition) is 5. The number of nitrogen functional groups attached to an aromatic ring is 1. The normalized spacial score (nSPS) is 14.5. The summed E-state index contributed by atoms with van der Waals surface area (Å²) < 4.78 is 55.5. The van der Waals surface area contributed by atoms with Gasteiger partial charge in [-0.2, -0.15) is 13.2 Å². The maximum atomic E-state index is 13.9. The molecule has 0 unspecified atom stereocenters. The van der Waals surface area contributed by atoms with Gasteiger partial charge in [0.1, 0.15) is 11.6 Å². The van der Waals surface area contributed by atoms with E-state index in [2.05, 4.69) is 27.0 Å². The molecule has 0 atom stereocenters. The number of fused-ring (bicyclic) bond motifs is 1. The maximum Gasteiger partial charge on any atom is 0.416 e. The highest BCUT2D eigenvalue weighted by atomic mass is 19.4. The van der Waals surface area contributed by atoms with Crippen LogP contribution >= 0.6 is 0 Å². The SMILES string of the molecule is CN1CCN(Cc2ccc(NC(=O)c3ccc(C#Cc4c(N)ncc5ccc(F)cc45)cc3)cc2C(F)(F)F)CC1. The van der Waals surface area contributed by atoms with Crippen molar-refractivity contribution in [3.05, 3.63) is 100 Å². The predicted octanol–water partition coefficient (Wildman–Crippen LogP) is 5.37. The van der Waals surface area contributed by atoms with E-state index in [1.165, 1.54) is 36.4 Å². The number of carbonyl (C=O) groups excluding carboxylic acids is 1. The number of halogens is 4. The molecule has 41 heavy (non-hydrogen) atoms. The topological polar surface area (TPSA) is 74.5 Å². The molecule has 1 aromatic heterocycles. The molecule has 1 amide bonds. The number of alkyl halides is 3. The standard InChI is InChI=1S/C31H27F4N5O/c1-39-12-14-40(15-13-39)19-23-8-10-25(17-28(23)31(33,34)35)38-30(41)21-5-2-20(3-6-21)4-11-26-27-16-24(32)9-7-22(27)18-37-29(26)36/h2-3,5-10,16-18H,12-15,19H2,1H3,(H2,36,37)(H,38,41). The first-order valence-corrected chi connectivity index (χ1v) is 12.9. The lowest BCUT2D eigenvalue weighted by Crippen LogP contribution is -2.44. The van der Waals surface area contributed by atoms with Crippen molar-refractivity contribution >= 4 is 28.2 Å². The van der Waals surface area contributed by atoms with Crippen molar-refractivity contribution in [1.29, 1.82) is 0 Å². The Bertz CT molecular complexity index is 1640. The lowest BCUT2D eigenvalue weighted by atomic mass is 10.0. The van der Waals surface area contributed by atoms with Crippen LogP contribution in [0.15, 0.2) is 66.9 Å². The Morgan fingerprint density at radius 2 is 1.73 bits per heavy atom. The van der Waals surface area contributed by atoms with Gasteiger partial charge < -0.3 is 16.0 Å². The summed E-state index contributed by atoms with van der Waals surface area (Å²) in [6, 6.07) is 14.4. The molecule has 3 N–H and O–H groups in total. The van der Waals surface area contributed by atoms with Crippen LogP contribution in [0.25, 0.3) is 10.8 Å². The van der Waals surface area contributed by atoms with Crippen LogP contribution in [0.1, 0.15) is 32.6 Å². The minimum Gasteiger partial charge on any atom is -0.383 e. The van der Waals surface area contributed by atoms with Gasteiger partial charge in [-0.15, -0.1) is 0 Å². The summed E-state index contributed by atoms with van der Waals surface area (Å²) in [5, 5.41) is 3.79. The van der Waals surface area contributed by atoms with Gasteiger partial charge in [0.15, 0.2) is 0 Å². The summed E-state index contributed by atoms with van der Waals surface area (Å²) >= 11 is 0. The molecular weight excluding hydrogens is 534 g/mol. The summed E-state index contributed by atoms with van der Waals surface area (Å²) in [7, 11) is 1.99. The molecule has 0 bridgehead atoms. The average Bonchev–Trinajstić information content (AvgIpc) is 2.94. The number of nitrogens with zero attached hydrogens (tertiary/aromatic N) is 3. The molecule has 5 rings (SSSR count). The van der Waals surface area contributed by atoms with Crippen LogP contribution in [0.2, 0.25) is 0 Å². The third-order valence-electron chi connectivity index (χ3n) is 7.03. The zero-order chi connectivity index (χ0) is 29.1. The smallest absolute Gasteiger partial charge is 0.383 e. The van der Waals surface area contributed by atoms with E-state index < -0.39 is 23.5 Å². The first-order valence-electron chi connectivity index (χ1n) is 12.9. The van der Waals surface area contributed by atoms with E-state index in [0.29, 0.717) is 35.0 Å². The number of rotatable bonds is 4. The van der Waals surface area contributed by atoms with E-state index in [4.69, 9.17) is 5.73 Å². The van der Waals surface area contributed by atoms with Gasteiger partial charge >= 0.3 is 6.18 Å². The first kappa shape index (κ1) is 28.1. The summed E-state index contributed by atoms with van der Waals surface area (Å²) in [6.45, 7) is 3.17. The Morgan fingerprint density at radius 1 is 1.00 bits per heavy atom. The lowest BCUT2D eigenvalue weighted by Gasteiger charge is -2.33. The number of pyridine rings is 1. The van der Waals surface area contributed by atoms with E-state index >= 15 is 0 Å². The fourth-order valence-corrected chi connectivity index (χ4v) is 4.68. The van der Waals surface area contributed by atoms with E-state index in [9.17, 15) is 22.4 Å². The molecule has 0 spiro atoms. The number of nitrogens with one attached hydrogen (secondary N) is 1. The Hall–Kier alpha value is -4.46. The monoisotopic (exact) mass is 561 g/mol. The number of nitrogens with two attached hydrogens (primary N) is 1. The van der Waals surface area contributed by atoms with Crippen molar-refractivity contribution < 1.29 is 22.4 Å². The minimum absolute atomic E-state index is 0.0551. The fraction of sp³-hybridized carbons (Fsp3) is 0.226. The van der Waals surface area contributed by atoms with Gasteiger partial charge in [0.25, 0.3) is 5.91 Å². The van der Waals surface area contributed by atoms with Crippen molar-refractivity contribution in [1.82, 2.24) is 14.8 Å². The molecule has 10 heteroatoms. The third kappa shape index (κ3) is 6.65. The Morgan fingerprint density at radius 3 is 2.44 bits per heavy atom. The van der Waals surface area contributed by atoms with Crippen LogP contribution in [0, 0.1) is 17.7 Å². The Kier molecular flexibility index (Phi) is 7.92. The molecule has 0 radical (unpaired) electrons. The summed E-state index contributed by atoms with van der Waals surface area (Å²) in [5.41, 5.74) is 6.64. The summed E-state index contributed by atoms with van der Waals surface area (Å²) in [4.78, 5) is 21.1. The number of likely N-dealkylation sites (N-methyl/N-ethyl adjacent to an activating group) is 1. The zero-order valence-electron chi connectivity index (χ0n) is 22.2. The van der Waals surface area contributed by atoms with Crippen LogP contribution < -0.4 is 11.1 Å².